The third-order valence-corrected chi connectivity index (χ3v) is 4.15. The highest BCUT2D eigenvalue weighted by atomic mass is 16.5. The summed E-state index contributed by atoms with van der Waals surface area (Å²) >= 11 is 0. The molecular weight excluding hydrogens is 340 g/mol. The summed E-state index contributed by atoms with van der Waals surface area (Å²) < 4.78 is 5.12. The van der Waals surface area contributed by atoms with Gasteiger partial charge < -0.3 is 10.1 Å². The summed E-state index contributed by atoms with van der Waals surface area (Å²) in [7, 11) is 0. The first-order chi connectivity index (χ1) is 12.8. The Morgan fingerprint density at radius 2 is 1.67 bits per heavy atom. The van der Waals surface area contributed by atoms with Gasteiger partial charge in [0, 0.05) is 11.1 Å². The summed E-state index contributed by atoms with van der Waals surface area (Å²) in [6.45, 7) is 5.85. The second-order valence-corrected chi connectivity index (χ2v) is 7.31. The van der Waals surface area contributed by atoms with Crippen molar-refractivity contribution in [2.24, 2.45) is 0 Å². The van der Waals surface area contributed by atoms with Gasteiger partial charge in [-0.15, -0.1) is 0 Å². The van der Waals surface area contributed by atoms with Gasteiger partial charge >= 0.3 is 5.97 Å². The molecule has 0 saturated carbocycles. The number of amides is 1. The lowest BCUT2D eigenvalue weighted by Gasteiger charge is -2.22. The minimum absolute atomic E-state index is 0.116. The lowest BCUT2D eigenvalue weighted by Crippen LogP contribution is -2.23. The lowest BCUT2D eigenvalue weighted by atomic mass is 9.86. The molecule has 0 saturated heterocycles. The van der Waals surface area contributed by atoms with E-state index in [9.17, 15) is 9.59 Å². The number of carbonyl (C=O) groups excluding carboxylic acids is 2. The zero-order valence-electron chi connectivity index (χ0n) is 15.7. The van der Waals surface area contributed by atoms with Gasteiger partial charge in [0.05, 0.1) is 5.52 Å². The molecular formula is C22H22N2O3. The molecule has 0 aliphatic carbocycles. The first-order valence-corrected chi connectivity index (χ1v) is 8.77. The van der Waals surface area contributed by atoms with Gasteiger partial charge in [-0.3, -0.25) is 4.79 Å². The predicted molar refractivity (Wildman–Crippen MR) is 106 cm³/mol. The van der Waals surface area contributed by atoms with Gasteiger partial charge in [0.2, 0.25) is 0 Å². The highest BCUT2D eigenvalue weighted by Crippen LogP contribution is 2.29. The Morgan fingerprint density at radius 3 is 2.44 bits per heavy atom. The number of pyridine rings is 1. The van der Waals surface area contributed by atoms with Crippen molar-refractivity contribution < 1.29 is 14.3 Å². The number of hydrogen-bond acceptors (Lipinski definition) is 4. The fourth-order valence-corrected chi connectivity index (χ4v) is 2.82. The molecule has 1 heterocycles. The van der Waals surface area contributed by atoms with Crippen LogP contribution >= 0.6 is 0 Å². The number of fused-ring (bicyclic) bond motifs is 1. The van der Waals surface area contributed by atoms with Crippen molar-refractivity contribution in [2.45, 2.75) is 26.2 Å². The molecule has 5 heteroatoms. The third kappa shape index (κ3) is 4.50. The Morgan fingerprint density at radius 1 is 0.963 bits per heavy atom. The van der Waals surface area contributed by atoms with Crippen molar-refractivity contribution in [1.82, 2.24) is 4.98 Å². The predicted octanol–water partition coefficient (Wildman–Crippen LogP) is 4.33. The maximum atomic E-state index is 12.2. The van der Waals surface area contributed by atoms with E-state index in [1.165, 1.54) is 0 Å². The standard InChI is InChI=1S/C22H22N2O3/c1-22(2,3)16-9-5-7-11-18(16)24-20(25)14-27-21(26)19-13-12-15-8-4-6-10-17(15)23-19/h4-13H,14H2,1-3H3,(H,24,25). The van der Waals surface area contributed by atoms with E-state index in [0.717, 1.165) is 16.6 Å². The van der Waals surface area contributed by atoms with Crippen LogP contribution in [0.2, 0.25) is 0 Å². The smallest absolute Gasteiger partial charge is 0.357 e. The molecule has 2 aromatic carbocycles. The van der Waals surface area contributed by atoms with E-state index in [4.69, 9.17) is 4.74 Å². The number of anilines is 1. The SMILES string of the molecule is CC(C)(C)c1ccccc1NC(=O)COC(=O)c1ccc2ccccc2n1. The summed E-state index contributed by atoms with van der Waals surface area (Å²) in [5.74, 6) is -1.01. The van der Waals surface area contributed by atoms with Gasteiger partial charge in [0.1, 0.15) is 5.69 Å². The minimum Gasteiger partial charge on any atom is -0.451 e. The number of para-hydroxylation sites is 2. The van der Waals surface area contributed by atoms with Crippen LogP contribution < -0.4 is 5.32 Å². The van der Waals surface area contributed by atoms with Crippen LogP contribution in [-0.4, -0.2) is 23.5 Å². The van der Waals surface area contributed by atoms with Crippen molar-refractivity contribution in [3.8, 4) is 0 Å². The molecule has 1 aromatic heterocycles. The van der Waals surface area contributed by atoms with Gasteiger partial charge in [0.25, 0.3) is 5.91 Å². The van der Waals surface area contributed by atoms with Crippen LogP contribution in [-0.2, 0) is 14.9 Å². The molecule has 0 radical (unpaired) electrons. The monoisotopic (exact) mass is 362 g/mol. The molecule has 0 aliphatic rings. The van der Waals surface area contributed by atoms with E-state index in [2.05, 4.69) is 31.1 Å². The molecule has 0 fully saturated rings. The average Bonchev–Trinajstić information content (AvgIpc) is 2.65. The van der Waals surface area contributed by atoms with Crippen LogP contribution in [0.15, 0.2) is 60.7 Å². The number of benzene rings is 2. The van der Waals surface area contributed by atoms with E-state index in [1.807, 2.05) is 48.5 Å². The molecule has 5 nitrogen and oxygen atoms in total. The summed E-state index contributed by atoms with van der Waals surface area (Å²) in [4.78, 5) is 28.7. The van der Waals surface area contributed by atoms with E-state index in [1.54, 1.807) is 12.1 Å². The van der Waals surface area contributed by atoms with E-state index >= 15 is 0 Å². The molecule has 1 N–H and O–H groups in total. The topological polar surface area (TPSA) is 68.3 Å². The summed E-state index contributed by atoms with van der Waals surface area (Å²) in [6, 6.07) is 18.5. The minimum atomic E-state index is -0.625. The highest BCUT2D eigenvalue weighted by Gasteiger charge is 2.19. The molecule has 3 aromatic rings. The number of esters is 1. The molecule has 0 unspecified atom stereocenters. The second kappa shape index (κ2) is 7.58. The largest absolute Gasteiger partial charge is 0.451 e. The number of nitrogens with one attached hydrogen (secondary N) is 1. The molecule has 3 rings (SSSR count). The van der Waals surface area contributed by atoms with Gasteiger partial charge in [0.15, 0.2) is 6.61 Å². The van der Waals surface area contributed by atoms with Crippen LogP contribution in [0.1, 0.15) is 36.8 Å². The second-order valence-electron chi connectivity index (χ2n) is 7.31. The average molecular weight is 362 g/mol. The van der Waals surface area contributed by atoms with Gasteiger partial charge in [-0.1, -0.05) is 63.2 Å². The van der Waals surface area contributed by atoms with Crippen LogP contribution in [0.4, 0.5) is 5.69 Å². The van der Waals surface area contributed by atoms with E-state index in [-0.39, 0.29) is 23.6 Å². The fourth-order valence-electron chi connectivity index (χ4n) is 2.82. The van der Waals surface area contributed by atoms with E-state index in [0.29, 0.717) is 5.52 Å². The number of hydrogen-bond donors (Lipinski definition) is 1. The number of aromatic nitrogens is 1. The lowest BCUT2D eigenvalue weighted by molar-refractivity contribution is -0.119. The first kappa shape index (κ1) is 18.6. The Bertz CT molecular complexity index is 990. The quantitative estimate of drug-likeness (QED) is 0.702. The van der Waals surface area contributed by atoms with Gasteiger partial charge in [-0.25, -0.2) is 9.78 Å². The summed E-state index contributed by atoms with van der Waals surface area (Å²) in [5.41, 5.74) is 2.50. The van der Waals surface area contributed by atoms with Gasteiger partial charge in [-0.05, 0) is 29.2 Å². The fraction of sp³-hybridized carbons (Fsp3) is 0.227. The summed E-state index contributed by atoms with van der Waals surface area (Å²) in [6.07, 6.45) is 0. The van der Waals surface area contributed by atoms with Crippen LogP contribution in [0.3, 0.4) is 0 Å². The Labute approximate surface area is 158 Å². The molecule has 0 aliphatic heterocycles. The van der Waals surface area contributed by atoms with Crippen LogP contribution in [0.25, 0.3) is 10.9 Å². The number of rotatable bonds is 4. The molecule has 27 heavy (non-hydrogen) atoms. The van der Waals surface area contributed by atoms with Crippen molar-refractivity contribution in [2.75, 3.05) is 11.9 Å². The van der Waals surface area contributed by atoms with Crippen molar-refractivity contribution >= 4 is 28.5 Å². The summed E-state index contributed by atoms with van der Waals surface area (Å²) in [5, 5.41) is 3.75. The molecule has 0 spiro atoms. The Hall–Kier alpha value is -3.21. The zero-order valence-corrected chi connectivity index (χ0v) is 15.7. The molecule has 1 amide bonds. The van der Waals surface area contributed by atoms with E-state index < -0.39 is 5.97 Å². The first-order valence-electron chi connectivity index (χ1n) is 8.77. The number of ether oxygens (including phenoxy) is 1. The normalized spacial score (nSPS) is 11.2. The highest BCUT2D eigenvalue weighted by molar-refractivity contribution is 5.96. The maximum Gasteiger partial charge on any atom is 0.357 e. The van der Waals surface area contributed by atoms with Crippen molar-refractivity contribution in [3.05, 3.63) is 71.9 Å². The zero-order chi connectivity index (χ0) is 19.4. The van der Waals surface area contributed by atoms with Crippen molar-refractivity contribution in [1.29, 1.82) is 0 Å². The van der Waals surface area contributed by atoms with Crippen molar-refractivity contribution in [3.63, 3.8) is 0 Å². The van der Waals surface area contributed by atoms with Crippen LogP contribution in [0.5, 0.6) is 0 Å². The maximum absolute atomic E-state index is 12.2. The molecule has 0 bridgehead atoms. The number of nitrogens with zero attached hydrogens (tertiary/aromatic N) is 1. The molecule has 0 atom stereocenters. The third-order valence-electron chi connectivity index (χ3n) is 4.15. The Kier molecular flexibility index (Phi) is 5.21. The Balaban J connectivity index is 1.64. The van der Waals surface area contributed by atoms with Crippen LogP contribution in [0, 0.1) is 0 Å². The number of carbonyl (C=O) groups is 2. The van der Waals surface area contributed by atoms with Gasteiger partial charge in [-0.2, -0.15) is 0 Å². The molecule has 138 valence electrons.